The van der Waals surface area contributed by atoms with Crippen LogP contribution in [0.4, 0.5) is 17.3 Å². The van der Waals surface area contributed by atoms with Crippen molar-refractivity contribution in [2.75, 3.05) is 13.2 Å². The Bertz CT molecular complexity index is 184. The molecule has 1 aliphatic heterocycles. The summed E-state index contributed by atoms with van der Waals surface area (Å²) in [6.45, 7) is 3.99. The third-order valence-electron chi connectivity index (χ3n) is 1.16. The fourth-order valence-corrected chi connectivity index (χ4v) is 0.626. The van der Waals surface area contributed by atoms with Crippen LogP contribution in [0.25, 0.3) is 0 Å². The smallest absolute Gasteiger partial charge is 0.418 e. The molecular formula is C6H10BF4N2-. The van der Waals surface area contributed by atoms with Crippen LogP contribution < -0.4 is 0 Å². The van der Waals surface area contributed by atoms with Crippen molar-refractivity contribution in [3.05, 3.63) is 12.3 Å². The Morgan fingerprint density at radius 2 is 1.92 bits per heavy atom. The molecule has 13 heavy (non-hydrogen) atoms. The van der Waals surface area contributed by atoms with Crippen LogP contribution >= 0.6 is 0 Å². The molecule has 1 aliphatic rings. The first-order valence-corrected chi connectivity index (χ1v) is 3.71. The zero-order valence-corrected chi connectivity index (χ0v) is 7.13. The van der Waals surface area contributed by atoms with Gasteiger partial charge in [0.25, 0.3) is 0 Å². The van der Waals surface area contributed by atoms with Crippen LogP contribution in [-0.4, -0.2) is 31.6 Å². The van der Waals surface area contributed by atoms with E-state index in [1.165, 1.54) is 0 Å². The average Bonchev–Trinajstić information content (AvgIpc) is 2.03. The Morgan fingerprint density at radius 1 is 1.38 bits per heavy atom. The van der Waals surface area contributed by atoms with Crippen LogP contribution in [-0.2, 0) is 0 Å². The summed E-state index contributed by atoms with van der Waals surface area (Å²) in [5.74, 6) is 0. The molecule has 0 spiro atoms. The van der Waals surface area contributed by atoms with Gasteiger partial charge in [-0.25, -0.2) is 0 Å². The van der Waals surface area contributed by atoms with Crippen LogP contribution in [0.15, 0.2) is 17.3 Å². The lowest BCUT2D eigenvalue weighted by Gasteiger charge is -2.16. The molecule has 0 aromatic heterocycles. The lowest BCUT2D eigenvalue weighted by Crippen LogP contribution is -2.18. The molecule has 0 N–H and O–H groups in total. The Balaban J connectivity index is 0.000000252. The number of rotatable bonds is 1. The molecule has 0 aromatic rings. The molecule has 0 atom stereocenters. The van der Waals surface area contributed by atoms with Gasteiger partial charge in [-0.1, -0.05) is 0 Å². The molecule has 0 aromatic carbocycles. The van der Waals surface area contributed by atoms with Crippen LogP contribution in [0.3, 0.4) is 0 Å². The molecule has 7 heteroatoms. The maximum Gasteiger partial charge on any atom is 0.673 e. The van der Waals surface area contributed by atoms with E-state index in [9.17, 15) is 17.3 Å². The van der Waals surface area contributed by atoms with E-state index in [1.807, 2.05) is 18.5 Å². The first-order valence-electron chi connectivity index (χ1n) is 3.71. The van der Waals surface area contributed by atoms with Crippen LogP contribution in [0.5, 0.6) is 0 Å². The van der Waals surface area contributed by atoms with Gasteiger partial charge in [-0.15, -0.1) is 0 Å². The number of aliphatic imine (C=N–C) groups is 1. The minimum atomic E-state index is -6.00. The van der Waals surface area contributed by atoms with Crippen LogP contribution in [0, 0.1) is 0 Å². The number of nitrogens with zero attached hydrogens (tertiary/aromatic N) is 2. The van der Waals surface area contributed by atoms with Gasteiger partial charge in [-0.05, 0) is 13.0 Å². The molecule has 0 radical (unpaired) electrons. The third kappa shape index (κ3) is 11.0. The summed E-state index contributed by atoms with van der Waals surface area (Å²) in [6.07, 6.45) is 5.83. The van der Waals surface area contributed by atoms with E-state index in [2.05, 4.69) is 16.8 Å². The van der Waals surface area contributed by atoms with Gasteiger partial charge in [0.1, 0.15) is 6.67 Å². The van der Waals surface area contributed by atoms with Crippen LogP contribution in [0.2, 0.25) is 0 Å². The zero-order valence-electron chi connectivity index (χ0n) is 7.13. The van der Waals surface area contributed by atoms with Crippen molar-refractivity contribution < 1.29 is 17.3 Å². The Hall–Kier alpha value is -1.01. The van der Waals surface area contributed by atoms with Crippen molar-refractivity contribution in [3.8, 4) is 0 Å². The highest BCUT2D eigenvalue weighted by Crippen LogP contribution is 2.06. The minimum absolute atomic E-state index is 0.826. The molecule has 76 valence electrons. The highest BCUT2D eigenvalue weighted by molar-refractivity contribution is 6.50. The molecular weight excluding hydrogens is 187 g/mol. The molecule has 0 unspecified atom stereocenters. The first kappa shape index (κ1) is 12.0. The topological polar surface area (TPSA) is 15.6 Å². The van der Waals surface area contributed by atoms with Gasteiger partial charge in [0.15, 0.2) is 0 Å². The van der Waals surface area contributed by atoms with Gasteiger partial charge in [-0.2, -0.15) is 0 Å². The van der Waals surface area contributed by atoms with E-state index >= 15 is 0 Å². The van der Waals surface area contributed by atoms with Crippen molar-refractivity contribution in [3.63, 3.8) is 0 Å². The summed E-state index contributed by atoms with van der Waals surface area (Å²) in [4.78, 5) is 6.18. The maximum atomic E-state index is 9.75. The number of hydrogen-bond acceptors (Lipinski definition) is 2. The van der Waals surface area contributed by atoms with E-state index in [4.69, 9.17) is 0 Å². The van der Waals surface area contributed by atoms with Gasteiger partial charge in [0.2, 0.25) is 0 Å². The Morgan fingerprint density at radius 3 is 2.15 bits per heavy atom. The van der Waals surface area contributed by atoms with E-state index in [-0.39, 0.29) is 0 Å². The van der Waals surface area contributed by atoms with Gasteiger partial charge in [0.05, 0.1) is 0 Å². The number of halogens is 4. The van der Waals surface area contributed by atoms with E-state index in [0.29, 0.717) is 0 Å². The summed E-state index contributed by atoms with van der Waals surface area (Å²) in [5, 5.41) is 0. The first-order chi connectivity index (χ1) is 5.93. The van der Waals surface area contributed by atoms with Crippen LogP contribution in [0.1, 0.15) is 6.92 Å². The largest absolute Gasteiger partial charge is 0.673 e. The molecule has 1 rings (SSSR count). The van der Waals surface area contributed by atoms with Gasteiger partial charge in [0, 0.05) is 19.0 Å². The monoisotopic (exact) mass is 197 g/mol. The Labute approximate surface area is 74.0 Å². The normalized spacial score (nSPS) is 15.3. The fourth-order valence-electron chi connectivity index (χ4n) is 0.626. The van der Waals surface area contributed by atoms with E-state index in [1.54, 1.807) is 0 Å². The molecule has 2 nitrogen and oxygen atoms in total. The summed E-state index contributed by atoms with van der Waals surface area (Å²) in [5.41, 5.74) is 0. The molecule has 0 amide bonds. The predicted molar refractivity (Wildman–Crippen MR) is 45.1 cm³/mol. The van der Waals surface area contributed by atoms with Gasteiger partial charge >= 0.3 is 7.25 Å². The molecule has 0 aliphatic carbocycles. The van der Waals surface area contributed by atoms with Crippen molar-refractivity contribution in [1.82, 2.24) is 4.90 Å². The Kier molecular flexibility index (Phi) is 5.17. The minimum Gasteiger partial charge on any atom is -0.418 e. The average molecular weight is 197 g/mol. The second-order valence-electron chi connectivity index (χ2n) is 2.21. The highest BCUT2D eigenvalue weighted by Gasteiger charge is 2.20. The van der Waals surface area contributed by atoms with Crippen molar-refractivity contribution >= 4 is 13.5 Å². The van der Waals surface area contributed by atoms with Crippen molar-refractivity contribution in [2.45, 2.75) is 6.92 Å². The van der Waals surface area contributed by atoms with E-state index in [0.717, 1.165) is 13.2 Å². The lowest BCUT2D eigenvalue weighted by molar-refractivity contribution is 0.368. The summed E-state index contributed by atoms with van der Waals surface area (Å²) in [7, 11) is -6.00. The summed E-state index contributed by atoms with van der Waals surface area (Å²) < 4.78 is 39.0. The van der Waals surface area contributed by atoms with Gasteiger partial charge < -0.3 is 22.2 Å². The maximum absolute atomic E-state index is 9.75. The van der Waals surface area contributed by atoms with Crippen molar-refractivity contribution in [1.29, 1.82) is 0 Å². The number of allylic oxidation sites excluding steroid dienone is 1. The molecule has 0 bridgehead atoms. The van der Waals surface area contributed by atoms with E-state index < -0.39 is 7.25 Å². The third-order valence-corrected chi connectivity index (χ3v) is 1.16. The standard InChI is InChI=1S/C6H10N2.BF4/c1-2-8-5-3-4-7-6-8;2-1(3,4)5/h3-5H,2,6H2,1H3;/q;-1. The molecule has 0 saturated heterocycles. The lowest BCUT2D eigenvalue weighted by atomic mass is 10.3. The zero-order chi connectivity index (χ0) is 10.3. The molecule has 0 fully saturated rings. The number of hydrogen-bond donors (Lipinski definition) is 0. The summed E-state index contributed by atoms with van der Waals surface area (Å²) in [6, 6.07) is 0. The fraction of sp³-hybridized carbons (Fsp3) is 0.500. The van der Waals surface area contributed by atoms with Gasteiger partial charge in [-0.3, -0.25) is 4.99 Å². The molecule has 1 heterocycles. The molecule has 0 saturated carbocycles. The second kappa shape index (κ2) is 5.61. The second-order valence-corrected chi connectivity index (χ2v) is 2.21. The SMILES string of the molecule is CCN1C=CC=NC1.F[B-](F)(F)F. The van der Waals surface area contributed by atoms with Crippen molar-refractivity contribution in [2.24, 2.45) is 4.99 Å². The highest BCUT2D eigenvalue weighted by atomic mass is 19.5. The summed E-state index contributed by atoms with van der Waals surface area (Å²) >= 11 is 0. The quantitative estimate of drug-likeness (QED) is 0.464. The predicted octanol–water partition coefficient (Wildman–Crippen LogP) is 2.16.